The minimum atomic E-state index is -4.88. The van der Waals surface area contributed by atoms with E-state index in [0.29, 0.717) is 6.07 Å². The van der Waals surface area contributed by atoms with Crippen LogP contribution in [0, 0.1) is 5.82 Å². The van der Waals surface area contributed by atoms with Gasteiger partial charge >= 0.3 is 6.18 Å². The fourth-order valence-corrected chi connectivity index (χ4v) is 1.50. The third-order valence-electron chi connectivity index (χ3n) is 2.46. The molecule has 9 heteroatoms. The second kappa shape index (κ2) is 4.83. The molecule has 2 aromatic rings. The van der Waals surface area contributed by atoms with E-state index in [1.807, 2.05) is 0 Å². The summed E-state index contributed by atoms with van der Waals surface area (Å²) in [5.74, 6) is -2.73. The van der Waals surface area contributed by atoms with Gasteiger partial charge in [0.1, 0.15) is 5.82 Å². The Balaban J connectivity index is 2.34. The third-order valence-corrected chi connectivity index (χ3v) is 2.46. The summed E-state index contributed by atoms with van der Waals surface area (Å²) in [6.07, 6.45) is -3.69. The van der Waals surface area contributed by atoms with Crippen molar-refractivity contribution in [1.82, 2.24) is 10.2 Å². The monoisotopic (exact) mass is 288 g/mol. The number of aromatic amines is 1. The molecule has 0 spiro atoms. The zero-order valence-electron chi connectivity index (χ0n) is 9.75. The number of H-pyrrole nitrogens is 1. The number of nitrogens with zero attached hydrogens (tertiary/aromatic N) is 1. The van der Waals surface area contributed by atoms with Gasteiger partial charge in [-0.2, -0.15) is 18.3 Å². The number of benzene rings is 1. The zero-order valence-corrected chi connectivity index (χ0v) is 9.75. The number of carbonyl (C=O) groups is 1. The van der Waals surface area contributed by atoms with E-state index in [-0.39, 0.29) is 11.5 Å². The van der Waals surface area contributed by atoms with Crippen molar-refractivity contribution in [2.45, 2.75) is 6.18 Å². The molecule has 5 nitrogen and oxygen atoms in total. The van der Waals surface area contributed by atoms with Crippen LogP contribution in [0.15, 0.2) is 24.4 Å². The van der Waals surface area contributed by atoms with Crippen molar-refractivity contribution in [3.63, 3.8) is 0 Å². The molecule has 0 aliphatic carbocycles. The Morgan fingerprint density at radius 3 is 2.60 bits per heavy atom. The number of nitrogen functional groups attached to an aromatic ring is 1. The minimum absolute atomic E-state index is 0.0215. The maximum absolute atomic E-state index is 13.7. The third kappa shape index (κ3) is 2.56. The smallest absolute Gasteiger partial charge is 0.394 e. The first-order valence-electron chi connectivity index (χ1n) is 5.26. The molecule has 1 aromatic carbocycles. The predicted molar refractivity (Wildman–Crippen MR) is 62.4 cm³/mol. The Labute approximate surface area is 109 Å². The van der Waals surface area contributed by atoms with E-state index < -0.39 is 29.0 Å². The average molecular weight is 288 g/mol. The molecule has 1 aromatic heterocycles. The van der Waals surface area contributed by atoms with Crippen molar-refractivity contribution >= 4 is 17.4 Å². The molecule has 0 unspecified atom stereocenters. The first-order valence-corrected chi connectivity index (χ1v) is 5.26. The van der Waals surface area contributed by atoms with Gasteiger partial charge in [0.25, 0.3) is 5.91 Å². The van der Waals surface area contributed by atoms with Crippen LogP contribution in [0.1, 0.15) is 15.9 Å². The van der Waals surface area contributed by atoms with Gasteiger partial charge < -0.3 is 11.1 Å². The Hall–Kier alpha value is -2.58. The Morgan fingerprint density at radius 2 is 2.05 bits per heavy atom. The highest BCUT2D eigenvalue weighted by Crippen LogP contribution is 2.32. The van der Waals surface area contributed by atoms with Crippen LogP contribution in [0.2, 0.25) is 0 Å². The molecule has 0 aliphatic heterocycles. The molecule has 0 saturated heterocycles. The van der Waals surface area contributed by atoms with Crippen LogP contribution in [-0.2, 0) is 6.18 Å². The van der Waals surface area contributed by atoms with Crippen molar-refractivity contribution < 1.29 is 22.4 Å². The van der Waals surface area contributed by atoms with E-state index in [1.165, 1.54) is 6.20 Å². The molecule has 106 valence electrons. The number of aromatic nitrogens is 2. The molecule has 1 amide bonds. The highest BCUT2D eigenvalue weighted by molar-refractivity contribution is 6.05. The van der Waals surface area contributed by atoms with Gasteiger partial charge in [-0.25, -0.2) is 4.39 Å². The Bertz CT molecular complexity index is 650. The first kappa shape index (κ1) is 13.8. The Kier molecular flexibility index (Phi) is 3.35. The number of amides is 1. The zero-order chi connectivity index (χ0) is 14.9. The van der Waals surface area contributed by atoms with Crippen LogP contribution >= 0.6 is 0 Å². The van der Waals surface area contributed by atoms with E-state index in [9.17, 15) is 22.4 Å². The summed E-state index contributed by atoms with van der Waals surface area (Å²) < 4.78 is 51.3. The average Bonchev–Trinajstić information content (AvgIpc) is 2.73. The van der Waals surface area contributed by atoms with E-state index >= 15 is 0 Å². The summed E-state index contributed by atoms with van der Waals surface area (Å²) in [4.78, 5) is 11.7. The summed E-state index contributed by atoms with van der Waals surface area (Å²) in [6.45, 7) is 0. The molecule has 0 aliphatic rings. The van der Waals surface area contributed by atoms with Gasteiger partial charge in [0.15, 0.2) is 5.82 Å². The van der Waals surface area contributed by atoms with E-state index in [2.05, 4.69) is 15.5 Å². The number of hydrogen-bond acceptors (Lipinski definition) is 3. The van der Waals surface area contributed by atoms with Crippen molar-refractivity contribution in [3.8, 4) is 0 Å². The molecule has 0 radical (unpaired) electrons. The lowest BCUT2D eigenvalue weighted by Gasteiger charge is -2.11. The van der Waals surface area contributed by atoms with E-state index in [1.54, 1.807) is 0 Å². The second-order valence-electron chi connectivity index (χ2n) is 3.82. The van der Waals surface area contributed by atoms with E-state index in [0.717, 1.165) is 12.1 Å². The van der Waals surface area contributed by atoms with Gasteiger partial charge in [0, 0.05) is 0 Å². The molecular weight excluding hydrogens is 280 g/mol. The lowest BCUT2D eigenvalue weighted by molar-refractivity contribution is -0.140. The highest BCUT2D eigenvalue weighted by atomic mass is 19.4. The summed E-state index contributed by atoms with van der Waals surface area (Å²) >= 11 is 0. The summed E-state index contributed by atoms with van der Waals surface area (Å²) in [5, 5.41) is 7.96. The number of halogens is 4. The molecule has 0 fully saturated rings. The van der Waals surface area contributed by atoms with Gasteiger partial charge in [-0.15, -0.1) is 0 Å². The SMILES string of the molecule is Nc1cn[nH]c1NC(=O)c1cccc(C(F)(F)F)c1F. The van der Waals surface area contributed by atoms with Crippen LogP contribution in [0.3, 0.4) is 0 Å². The summed E-state index contributed by atoms with van der Waals surface area (Å²) in [6, 6.07) is 2.43. The number of carbonyl (C=O) groups excluding carboxylic acids is 1. The standard InChI is InChI=1S/C11H8F4N4O/c12-8-5(2-1-3-6(8)11(13,14)15)10(20)18-9-7(16)4-17-19-9/h1-4H,16H2,(H2,17,18,19,20). The van der Waals surface area contributed by atoms with E-state index in [4.69, 9.17) is 5.73 Å². The molecule has 0 bridgehead atoms. The fraction of sp³-hybridized carbons (Fsp3) is 0.0909. The Morgan fingerprint density at radius 1 is 1.35 bits per heavy atom. The van der Waals surface area contributed by atoms with Crippen molar-refractivity contribution in [2.24, 2.45) is 0 Å². The number of alkyl halides is 3. The van der Waals surface area contributed by atoms with Gasteiger partial charge in [0.2, 0.25) is 0 Å². The molecule has 0 saturated carbocycles. The number of nitrogens with one attached hydrogen (secondary N) is 2. The maximum Gasteiger partial charge on any atom is 0.419 e. The first-order chi connectivity index (χ1) is 9.30. The normalized spacial score (nSPS) is 11.4. The van der Waals surface area contributed by atoms with Crippen LogP contribution in [0.25, 0.3) is 0 Å². The van der Waals surface area contributed by atoms with Crippen molar-refractivity contribution in [1.29, 1.82) is 0 Å². The molecular formula is C11H8F4N4O. The van der Waals surface area contributed by atoms with Crippen molar-refractivity contribution in [3.05, 3.63) is 41.3 Å². The number of nitrogens with two attached hydrogens (primary N) is 1. The number of rotatable bonds is 2. The minimum Gasteiger partial charge on any atom is -0.394 e. The van der Waals surface area contributed by atoms with Crippen LogP contribution in [0.4, 0.5) is 29.1 Å². The fourth-order valence-electron chi connectivity index (χ4n) is 1.50. The highest BCUT2D eigenvalue weighted by Gasteiger charge is 2.35. The summed E-state index contributed by atoms with van der Waals surface area (Å²) in [5.41, 5.74) is 3.24. The van der Waals surface area contributed by atoms with Crippen LogP contribution in [0.5, 0.6) is 0 Å². The molecule has 0 atom stereocenters. The van der Waals surface area contributed by atoms with Gasteiger partial charge in [-0.3, -0.25) is 9.89 Å². The van der Waals surface area contributed by atoms with Crippen LogP contribution in [-0.4, -0.2) is 16.1 Å². The number of anilines is 2. The molecule has 4 N–H and O–H groups in total. The quantitative estimate of drug-likeness (QED) is 0.742. The van der Waals surface area contributed by atoms with Gasteiger partial charge in [-0.05, 0) is 12.1 Å². The summed E-state index contributed by atoms with van der Waals surface area (Å²) in [7, 11) is 0. The molecule has 1 heterocycles. The van der Waals surface area contributed by atoms with Gasteiger partial charge in [-0.1, -0.05) is 6.07 Å². The number of hydrogen-bond donors (Lipinski definition) is 3. The lowest BCUT2D eigenvalue weighted by atomic mass is 10.1. The maximum atomic E-state index is 13.7. The molecule has 20 heavy (non-hydrogen) atoms. The second-order valence-corrected chi connectivity index (χ2v) is 3.82. The van der Waals surface area contributed by atoms with Crippen LogP contribution < -0.4 is 11.1 Å². The predicted octanol–water partition coefficient (Wildman–Crippen LogP) is 2.40. The van der Waals surface area contributed by atoms with Crippen molar-refractivity contribution in [2.75, 3.05) is 11.1 Å². The lowest BCUT2D eigenvalue weighted by Crippen LogP contribution is -2.18. The largest absolute Gasteiger partial charge is 0.419 e. The van der Waals surface area contributed by atoms with Gasteiger partial charge in [0.05, 0.1) is 23.0 Å². The topological polar surface area (TPSA) is 83.8 Å². The molecule has 2 rings (SSSR count).